The van der Waals surface area contributed by atoms with Gasteiger partial charge in [-0.2, -0.15) is 5.26 Å². The predicted molar refractivity (Wildman–Crippen MR) is 26.6 cm³/mol. The molecule has 1 N–H and O–H groups in total. The average molecular weight is 96.1 g/mol. The smallest absolute Gasteiger partial charge is 0.0969 e. The van der Waals surface area contributed by atoms with Gasteiger partial charge in [-0.05, 0) is 13.3 Å². The van der Waals surface area contributed by atoms with Gasteiger partial charge in [-0.3, -0.25) is 5.32 Å². The van der Waals surface area contributed by atoms with Crippen molar-refractivity contribution in [1.29, 1.82) is 5.26 Å². The quantitative estimate of drug-likeness (QED) is 0.469. The van der Waals surface area contributed by atoms with Crippen LogP contribution in [-0.4, -0.2) is 12.1 Å². The fourth-order valence-electron chi connectivity index (χ4n) is 0.763. The zero-order chi connectivity index (χ0) is 5.28. The van der Waals surface area contributed by atoms with Crippen LogP contribution in [0, 0.1) is 11.3 Å². The number of rotatable bonds is 0. The highest BCUT2D eigenvalue weighted by molar-refractivity contribution is 5.00. The molecule has 0 spiro atoms. The molecule has 0 aromatic heterocycles. The van der Waals surface area contributed by atoms with E-state index in [4.69, 9.17) is 5.26 Å². The molecule has 0 aromatic rings. The second-order valence-corrected chi connectivity index (χ2v) is 1.99. The maximum absolute atomic E-state index is 8.19. The Morgan fingerprint density at radius 1 is 1.86 bits per heavy atom. The minimum Gasteiger partial charge on any atom is -0.299 e. The zero-order valence-corrected chi connectivity index (χ0v) is 4.31. The summed E-state index contributed by atoms with van der Waals surface area (Å²) in [7, 11) is 0. The number of nitrogens with one attached hydrogen (secondary N) is 1. The summed E-state index contributed by atoms with van der Waals surface area (Å²) >= 11 is 0. The maximum atomic E-state index is 8.19. The van der Waals surface area contributed by atoms with Crippen molar-refractivity contribution in [2.75, 3.05) is 0 Å². The molecule has 2 atom stereocenters. The third-order valence-corrected chi connectivity index (χ3v) is 1.23. The molecule has 2 heteroatoms. The van der Waals surface area contributed by atoms with Crippen LogP contribution in [0.2, 0.25) is 0 Å². The van der Waals surface area contributed by atoms with Gasteiger partial charge in [0.05, 0.1) is 12.1 Å². The van der Waals surface area contributed by atoms with Crippen LogP contribution in [0.3, 0.4) is 0 Å². The topological polar surface area (TPSA) is 35.8 Å². The molecule has 0 radical (unpaired) electrons. The number of nitriles is 1. The van der Waals surface area contributed by atoms with Gasteiger partial charge in [-0.1, -0.05) is 0 Å². The van der Waals surface area contributed by atoms with Crippen LogP contribution in [0.4, 0.5) is 0 Å². The average Bonchev–Trinajstić information content (AvgIpc) is 1.58. The molecule has 1 saturated heterocycles. The number of hydrogen-bond acceptors (Lipinski definition) is 2. The molecular weight excluding hydrogens is 88.1 g/mol. The largest absolute Gasteiger partial charge is 0.299 e. The Morgan fingerprint density at radius 3 is 2.57 bits per heavy atom. The lowest BCUT2D eigenvalue weighted by molar-refractivity contribution is 0.337. The van der Waals surface area contributed by atoms with Crippen molar-refractivity contribution >= 4 is 0 Å². The normalized spacial score (nSPS) is 38.9. The third-order valence-electron chi connectivity index (χ3n) is 1.23. The van der Waals surface area contributed by atoms with E-state index < -0.39 is 0 Å². The minimum absolute atomic E-state index is 0.148. The Bertz CT molecular complexity index is 97.1. The molecule has 2 nitrogen and oxygen atoms in total. The van der Waals surface area contributed by atoms with Crippen LogP contribution >= 0.6 is 0 Å². The van der Waals surface area contributed by atoms with Crippen LogP contribution in [0.25, 0.3) is 0 Å². The molecule has 1 aliphatic heterocycles. The lowest BCUT2D eigenvalue weighted by atomic mass is 10.0. The van der Waals surface area contributed by atoms with E-state index in [0.29, 0.717) is 6.04 Å². The molecule has 0 aliphatic carbocycles. The van der Waals surface area contributed by atoms with Gasteiger partial charge < -0.3 is 0 Å². The number of hydrogen-bond donors (Lipinski definition) is 1. The highest BCUT2D eigenvalue weighted by Crippen LogP contribution is 2.07. The van der Waals surface area contributed by atoms with Gasteiger partial charge in [0.2, 0.25) is 0 Å². The molecule has 38 valence electrons. The van der Waals surface area contributed by atoms with Crippen molar-refractivity contribution < 1.29 is 0 Å². The summed E-state index contributed by atoms with van der Waals surface area (Å²) in [4.78, 5) is 0. The summed E-state index contributed by atoms with van der Waals surface area (Å²) in [6, 6.07) is 2.84. The molecule has 0 saturated carbocycles. The van der Waals surface area contributed by atoms with E-state index >= 15 is 0 Å². The second-order valence-electron chi connectivity index (χ2n) is 1.99. The fourth-order valence-corrected chi connectivity index (χ4v) is 0.763. The van der Waals surface area contributed by atoms with Crippen molar-refractivity contribution in [2.45, 2.75) is 25.4 Å². The van der Waals surface area contributed by atoms with E-state index in [9.17, 15) is 0 Å². The molecule has 0 amide bonds. The second kappa shape index (κ2) is 1.51. The first-order chi connectivity index (χ1) is 3.33. The molecule has 0 bridgehead atoms. The summed E-state index contributed by atoms with van der Waals surface area (Å²) in [6.07, 6.45) is 1.02. The maximum Gasteiger partial charge on any atom is 0.0969 e. The van der Waals surface area contributed by atoms with Gasteiger partial charge in [0.1, 0.15) is 0 Å². The molecular formula is C5H8N2. The van der Waals surface area contributed by atoms with E-state index in [1.807, 2.05) is 0 Å². The lowest BCUT2D eigenvalue weighted by Crippen LogP contribution is -2.49. The molecule has 1 aliphatic rings. The Labute approximate surface area is 43.1 Å². The molecule has 7 heavy (non-hydrogen) atoms. The molecule has 0 aromatic carbocycles. The van der Waals surface area contributed by atoms with Gasteiger partial charge in [-0.15, -0.1) is 0 Å². The number of nitrogens with zero attached hydrogens (tertiary/aromatic N) is 1. The van der Waals surface area contributed by atoms with Crippen LogP contribution in [0.5, 0.6) is 0 Å². The van der Waals surface area contributed by atoms with E-state index in [0.717, 1.165) is 6.42 Å². The molecule has 1 heterocycles. The van der Waals surface area contributed by atoms with Gasteiger partial charge in [0.25, 0.3) is 0 Å². The standard InChI is InChI=1S/C5H8N2/c1-4-2-5(3-6)7-4/h4-5,7H,2H2,1H3. The monoisotopic (exact) mass is 96.1 g/mol. The van der Waals surface area contributed by atoms with Gasteiger partial charge in [0.15, 0.2) is 0 Å². The highest BCUT2D eigenvalue weighted by atomic mass is 15.0. The first-order valence-corrected chi connectivity index (χ1v) is 2.48. The van der Waals surface area contributed by atoms with Gasteiger partial charge in [0, 0.05) is 6.04 Å². The third kappa shape index (κ3) is 0.726. The summed E-state index contributed by atoms with van der Waals surface area (Å²) in [5, 5.41) is 11.2. The first kappa shape index (κ1) is 4.61. The van der Waals surface area contributed by atoms with Crippen molar-refractivity contribution in [3.63, 3.8) is 0 Å². The summed E-state index contributed by atoms with van der Waals surface area (Å²) < 4.78 is 0. The van der Waals surface area contributed by atoms with Crippen LogP contribution in [-0.2, 0) is 0 Å². The van der Waals surface area contributed by atoms with Crippen molar-refractivity contribution in [1.82, 2.24) is 5.32 Å². The van der Waals surface area contributed by atoms with E-state index in [1.165, 1.54) is 0 Å². The Balaban J connectivity index is 2.21. The van der Waals surface area contributed by atoms with Crippen LogP contribution in [0.1, 0.15) is 13.3 Å². The summed E-state index contributed by atoms with van der Waals surface area (Å²) in [5.41, 5.74) is 0. The SMILES string of the molecule is CC1CC(C#N)N1. The van der Waals surface area contributed by atoms with E-state index in [-0.39, 0.29) is 6.04 Å². The summed E-state index contributed by atoms with van der Waals surface area (Å²) in [5.74, 6) is 0. The molecule has 1 rings (SSSR count). The first-order valence-electron chi connectivity index (χ1n) is 2.48. The highest BCUT2D eigenvalue weighted by Gasteiger charge is 2.22. The minimum atomic E-state index is 0.148. The molecule has 1 fully saturated rings. The van der Waals surface area contributed by atoms with Crippen molar-refractivity contribution in [3.05, 3.63) is 0 Å². The van der Waals surface area contributed by atoms with E-state index in [2.05, 4.69) is 18.3 Å². The zero-order valence-electron chi connectivity index (χ0n) is 4.31. The Kier molecular flexibility index (Phi) is 0.994. The van der Waals surface area contributed by atoms with Gasteiger partial charge in [-0.25, -0.2) is 0 Å². The molecule has 2 unspecified atom stereocenters. The van der Waals surface area contributed by atoms with Crippen molar-refractivity contribution in [3.8, 4) is 6.07 Å². The van der Waals surface area contributed by atoms with Crippen molar-refractivity contribution in [2.24, 2.45) is 0 Å². The van der Waals surface area contributed by atoms with Crippen LogP contribution < -0.4 is 5.32 Å². The van der Waals surface area contributed by atoms with Crippen LogP contribution in [0.15, 0.2) is 0 Å². The summed E-state index contributed by atoms with van der Waals surface area (Å²) in [6.45, 7) is 2.08. The van der Waals surface area contributed by atoms with Gasteiger partial charge >= 0.3 is 0 Å². The predicted octanol–water partition coefficient (Wildman–Crippen LogP) is 0.260. The lowest BCUT2D eigenvalue weighted by Gasteiger charge is -2.28. The Hall–Kier alpha value is -0.550. The fraction of sp³-hybridized carbons (Fsp3) is 0.800. The van der Waals surface area contributed by atoms with E-state index in [1.54, 1.807) is 0 Å². The Morgan fingerprint density at radius 2 is 2.43 bits per heavy atom.